The number of benzene rings is 1. The summed E-state index contributed by atoms with van der Waals surface area (Å²) in [6.07, 6.45) is 2.93. The molecule has 2 N–H and O–H groups in total. The number of methoxy groups -OCH3 is 1. The second-order valence-corrected chi connectivity index (χ2v) is 4.58. The molecule has 0 aliphatic carbocycles. The summed E-state index contributed by atoms with van der Waals surface area (Å²) in [5.74, 6) is 0.0324. The van der Waals surface area contributed by atoms with Crippen LogP contribution in [0.1, 0.15) is 17.5 Å². The fourth-order valence-electron chi connectivity index (χ4n) is 2.43. The largest absolute Gasteiger partial charge is 0.375 e. The SMILES string of the molecule is COCC(=O)N1CCCc2cc(CCN)ccc21. The molecule has 18 heavy (non-hydrogen) atoms. The normalized spacial score (nSPS) is 14.4. The van der Waals surface area contributed by atoms with Crippen LogP contribution < -0.4 is 10.6 Å². The van der Waals surface area contributed by atoms with Crippen LogP contribution >= 0.6 is 0 Å². The molecule has 0 saturated heterocycles. The minimum Gasteiger partial charge on any atom is -0.375 e. The summed E-state index contributed by atoms with van der Waals surface area (Å²) in [6.45, 7) is 1.58. The van der Waals surface area contributed by atoms with Crippen LogP contribution in [0.25, 0.3) is 0 Å². The first-order valence-corrected chi connectivity index (χ1v) is 6.37. The van der Waals surface area contributed by atoms with Crippen molar-refractivity contribution >= 4 is 11.6 Å². The molecule has 1 aromatic carbocycles. The number of ether oxygens (including phenoxy) is 1. The first-order valence-electron chi connectivity index (χ1n) is 6.37. The Kier molecular flexibility index (Phi) is 4.33. The van der Waals surface area contributed by atoms with Gasteiger partial charge in [-0.1, -0.05) is 12.1 Å². The Hall–Kier alpha value is -1.39. The fourth-order valence-corrected chi connectivity index (χ4v) is 2.43. The van der Waals surface area contributed by atoms with Crippen molar-refractivity contribution in [2.24, 2.45) is 5.73 Å². The average Bonchev–Trinajstić information content (AvgIpc) is 2.38. The number of hydrogen-bond donors (Lipinski definition) is 1. The van der Waals surface area contributed by atoms with Crippen molar-refractivity contribution in [1.82, 2.24) is 0 Å². The van der Waals surface area contributed by atoms with Crippen LogP contribution in [-0.2, 0) is 22.4 Å². The van der Waals surface area contributed by atoms with Gasteiger partial charge in [0.2, 0.25) is 0 Å². The van der Waals surface area contributed by atoms with Crippen molar-refractivity contribution in [1.29, 1.82) is 0 Å². The van der Waals surface area contributed by atoms with Crippen LogP contribution in [-0.4, -0.2) is 32.7 Å². The van der Waals surface area contributed by atoms with E-state index in [1.807, 2.05) is 11.0 Å². The molecule has 1 aromatic rings. The average molecular weight is 248 g/mol. The fraction of sp³-hybridized carbons (Fsp3) is 0.500. The molecular weight excluding hydrogens is 228 g/mol. The van der Waals surface area contributed by atoms with Crippen LogP contribution in [0.3, 0.4) is 0 Å². The van der Waals surface area contributed by atoms with E-state index in [0.29, 0.717) is 6.54 Å². The topological polar surface area (TPSA) is 55.6 Å². The number of aryl methyl sites for hydroxylation is 1. The lowest BCUT2D eigenvalue weighted by Gasteiger charge is -2.29. The lowest BCUT2D eigenvalue weighted by molar-refractivity contribution is -0.122. The molecule has 98 valence electrons. The third-order valence-electron chi connectivity index (χ3n) is 3.26. The predicted octanol–water partition coefficient (Wildman–Crippen LogP) is 1.11. The number of carbonyl (C=O) groups is 1. The van der Waals surface area contributed by atoms with E-state index in [4.69, 9.17) is 10.5 Å². The smallest absolute Gasteiger partial charge is 0.252 e. The molecule has 1 amide bonds. The van der Waals surface area contributed by atoms with Crippen molar-refractivity contribution < 1.29 is 9.53 Å². The van der Waals surface area contributed by atoms with E-state index in [-0.39, 0.29) is 12.5 Å². The summed E-state index contributed by atoms with van der Waals surface area (Å²) in [6, 6.07) is 6.27. The van der Waals surface area contributed by atoms with Gasteiger partial charge in [0.15, 0.2) is 0 Å². The molecule has 0 saturated carbocycles. The molecular formula is C14H20N2O2. The van der Waals surface area contributed by atoms with Gasteiger partial charge in [-0.2, -0.15) is 0 Å². The molecule has 0 fully saturated rings. The molecule has 0 unspecified atom stereocenters. The van der Waals surface area contributed by atoms with Crippen LogP contribution in [0.5, 0.6) is 0 Å². The van der Waals surface area contributed by atoms with Crippen molar-refractivity contribution in [2.75, 3.05) is 31.7 Å². The third-order valence-corrected chi connectivity index (χ3v) is 3.26. The third kappa shape index (κ3) is 2.71. The molecule has 0 atom stereocenters. The highest BCUT2D eigenvalue weighted by atomic mass is 16.5. The standard InChI is InChI=1S/C14H20N2O2/c1-18-10-14(17)16-8-2-3-12-9-11(6-7-15)4-5-13(12)16/h4-5,9H,2-3,6-8,10,15H2,1H3. The van der Waals surface area contributed by atoms with E-state index >= 15 is 0 Å². The molecule has 0 spiro atoms. The number of rotatable bonds is 4. The quantitative estimate of drug-likeness (QED) is 0.868. The van der Waals surface area contributed by atoms with Crippen molar-refractivity contribution in [3.05, 3.63) is 29.3 Å². The highest BCUT2D eigenvalue weighted by Gasteiger charge is 2.22. The molecule has 1 heterocycles. The summed E-state index contributed by atoms with van der Waals surface area (Å²) in [5, 5.41) is 0. The van der Waals surface area contributed by atoms with E-state index in [2.05, 4.69) is 12.1 Å². The Morgan fingerprint density at radius 1 is 1.50 bits per heavy atom. The number of anilines is 1. The number of nitrogens with zero attached hydrogens (tertiary/aromatic N) is 1. The van der Waals surface area contributed by atoms with Crippen LogP contribution in [0.2, 0.25) is 0 Å². The van der Waals surface area contributed by atoms with Gasteiger partial charge in [-0.3, -0.25) is 4.79 Å². The van der Waals surface area contributed by atoms with Gasteiger partial charge in [-0.05, 0) is 43.0 Å². The maximum absolute atomic E-state index is 12.0. The zero-order valence-corrected chi connectivity index (χ0v) is 10.8. The summed E-state index contributed by atoms with van der Waals surface area (Å²) in [5.41, 5.74) is 9.10. The first-order chi connectivity index (χ1) is 8.76. The molecule has 4 heteroatoms. The van der Waals surface area contributed by atoms with Crippen molar-refractivity contribution in [3.63, 3.8) is 0 Å². The van der Waals surface area contributed by atoms with Crippen LogP contribution in [0.15, 0.2) is 18.2 Å². The predicted molar refractivity (Wildman–Crippen MR) is 71.8 cm³/mol. The highest BCUT2D eigenvalue weighted by Crippen LogP contribution is 2.28. The Labute approximate surface area is 108 Å². The van der Waals surface area contributed by atoms with Gasteiger partial charge < -0.3 is 15.4 Å². The van der Waals surface area contributed by atoms with Crippen LogP contribution in [0, 0.1) is 0 Å². The summed E-state index contributed by atoms with van der Waals surface area (Å²) < 4.78 is 4.93. The van der Waals surface area contributed by atoms with E-state index in [0.717, 1.165) is 31.5 Å². The summed E-state index contributed by atoms with van der Waals surface area (Å²) in [4.78, 5) is 13.8. The van der Waals surface area contributed by atoms with Gasteiger partial charge in [0, 0.05) is 19.3 Å². The van der Waals surface area contributed by atoms with E-state index in [9.17, 15) is 4.79 Å². The number of hydrogen-bond acceptors (Lipinski definition) is 3. The molecule has 1 aliphatic rings. The number of nitrogens with two attached hydrogens (primary N) is 1. The van der Waals surface area contributed by atoms with Gasteiger partial charge >= 0.3 is 0 Å². The Morgan fingerprint density at radius 3 is 3.06 bits per heavy atom. The van der Waals surface area contributed by atoms with Gasteiger partial charge in [0.1, 0.15) is 6.61 Å². The monoisotopic (exact) mass is 248 g/mol. The maximum atomic E-state index is 12.0. The van der Waals surface area contributed by atoms with Gasteiger partial charge in [0.25, 0.3) is 5.91 Å². The highest BCUT2D eigenvalue weighted by molar-refractivity contribution is 5.95. The summed E-state index contributed by atoms with van der Waals surface area (Å²) in [7, 11) is 1.55. The van der Waals surface area contributed by atoms with E-state index in [1.54, 1.807) is 7.11 Å². The lowest BCUT2D eigenvalue weighted by atomic mass is 9.98. The van der Waals surface area contributed by atoms with Gasteiger partial charge in [0.05, 0.1) is 0 Å². The Morgan fingerprint density at radius 2 is 2.33 bits per heavy atom. The molecule has 4 nitrogen and oxygen atoms in total. The number of fused-ring (bicyclic) bond motifs is 1. The minimum atomic E-state index is 0.0324. The van der Waals surface area contributed by atoms with Crippen LogP contribution in [0.4, 0.5) is 5.69 Å². The zero-order chi connectivity index (χ0) is 13.0. The van der Waals surface area contributed by atoms with E-state index < -0.39 is 0 Å². The second kappa shape index (κ2) is 5.98. The molecule has 0 aromatic heterocycles. The zero-order valence-electron chi connectivity index (χ0n) is 10.8. The maximum Gasteiger partial charge on any atom is 0.252 e. The number of carbonyl (C=O) groups excluding carboxylic acids is 1. The van der Waals surface area contributed by atoms with Gasteiger partial charge in [-0.25, -0.2) is 0 Å². The number of amides is 1. The van der Waals surface area contributed by atoms with Crippen molar-refractivity contribution in [2.45, 2.75) is 19.3 Å². The molecule has 2 rings (SSSR count). The minimum absolute atomic E-state index is 0.0324. The molecule has 1 aliphatic heterocycles. The molecule has 0 bridgehead atoms. The Balaban J connectivity index is 2.24. The van der Waals surface area contributed by atoms with Crippen molar-refractivity contribution in [3.8, 4) is 0 Å². The van der Waals surface area contributed by atoms with Gasteiger partial charge in [-0.15, -0.1) is 0 Å². The molecule has 0 radical (unpaired) electrons. The first kappa shape index (κ1) is 13.1. The van der Waals surface area contributed by atoms with E-state index in [1.165, 1.54) is 11.1 Å². The Bertz CT molecular complexity index is 432. The lowest BCUT2D eigenvalue weighted by Crippen LogP contribution is -2.37. The second-order valence-electron chi connectivity index (χ2n) is 4.58. The summed E-state index contributed by atoms with van der Waals surface area (Å²) >= 11 is 0.